The lowest BCUT2D eigenvalue weighted by Gasteiger charge is -2.08. The van der Waals surface area contributed by atoms with Gasteiger partial charge in [0.25, 0.3) is 0 Å². The number of alkyl halides is 3. The Balaban J connectivity index is 2.00. The molecule has 2 aromatic rings. The second-order valence-electron chi connectivity index (χ2n) is 4.47. The van der Waals surface area contributed by atoms with Crippen LogP contribution in [0.4, 0.5) is 13.2 Å². The summed E-state index contributed by atoms with van der Waals surface area (Å²) in [5.74, 6) is -0.684. The molecule has 0 saturated carbocycles. The predicted octanol–water partition coefficient (Wildman–Crippen LogP) is 2.62. The molecule has 0 atom stereocenters. The van der Waals surface area contributed by atoms with Crippen LogP contribution in [0.1, 0.15) is 21.6 Å². The van der Waals surface area contributed by atoms with Crippen molar-refractivity contribution >= 4 is 11.6 Å². The number of carbonyl (C=O) groups excluding carboxylic acids is 1. The van der Waals surface area contributed by atoms with Gasteiger partial charge in [-0.15, -0.1) is 0 Å². The van der Waals surface area contributed by atoms with E-state index in [1.165, 1.54) is 12.3 Å². The van der Waals surface area contributed by atoms with E-state index in [1.54, 1.807) is 18.2 Å². The highest BCUT2D eigenvalue weighted by Crippen LogP contribution is 2.29. The van der Waals surface area contributed by atoms with Crippen LogP contribution in [0, 0.1) is 0 Å². The van der Waals surface area contributed by atoms with Crippen LogP contribution >= 0.6 is 0 Å². The van der Waals surface area contributed by atoms with Crippen molar-refractivity contribution in [2.75, 3.05) is 6.61 Å². The fraction of sp³-hybridized carbons (Fsp3) is 0.133. The normalized spacial score (nSPS) is 12.0. The number of halogens is 3. The topological polar surface area (TPSA) is 77.6 Å². The molecule has 0 bridgehead atoms. The zero-order valence-electron chi connectivity index (χ0n) is 11.7. The summed E-state index contributed by atoms with van der Waals surface area (Å²) in [5.41, 5.74) is 4.94. The van der Waals surface area contributed by atoms with Crippen molar-refractivity contribution in [1.29, 1.82) is 0 Å². The summed E-state index contributed by atoms with van der Waals surface area (Å²) in [7, 11) is 0. The molecular weight excluding hydrogens is 311 g/mol. The Kier molecular flexibility index (Phi) is 4.95. The molecule has 120 valence electrons. The highest BCUT2D eigenvalue weighted by atomic mass is 19.4. The van der Waals surface area contributed by atoms with E-state index in [4.69, 9.17) is 10.6 Å². The molecule has 2 N–H and O–H groups in total. The van der Waals surface area contributed by atoms with E-state index in [1.807, 2.05) is 0 Å². The van der Waals surface area contributed by atoms with Gasteiger partial charge in [0.2, 0.25) is 5.78 Å². The van der Waals surface area contributed by atoms with Gasteiger partial charge < -0.3 is 10.6 Å². The number of aromatic nitrogens is 1. The number of amidine groups is 1. The zero-order chi connectivity index (χ0) is 16.9. The van der Waals surface area contributed by atoms with Gasteiger partial charge in [0.1, 0.15) is 5.69 Å². The molecular formula is C15H12F3N3O2. The van der Waals surface area contributed by atoms with Gasteiger partial charge in [-0.1, -0.05) is 23.4 Å². The van der Waals surface area contributed by atoms with Gasteiger partial charge in [0.15, 0.2) is 12.4 Å². The summed E-state index contributed by atoms with van der Waals surface area (Å²) >= 11 is 0. The molecule has 1 aromatic heterocycles. The van der Waals surface area contributed by atoms with Crippen molar-refractivity contribution < 1.29 is 22.8 Å². The number of oxime groups is 1. The first-order valence-electron chi connectivity index (χ1n) is 6.45. The van der Waals surface area contributed by atoms with Gasteiger partial charge in [-0.3, -0.25) is 9.78 Å². The quantitative estimate of drug-likeness (QED) is 0.397. The van der Waals surface area contributed by atoms with Crippen molar-refractivity contribution in [3.05, 3.63) is 65.5 Å². The van der Waals surface area contributed by atoms with E-state index in [9.17, 15) is 18.0 Å². The monoisotopic (exact) mass is 323 g/mol. The summed E-state index contributed by atoms with van der Waals surface area (Å²) in [6.07, 6.45) is -3.01. The third-order valence-corrected chi connectivity index (χ3v) is 2.80. The average molecular weight is 323 g/mol. The van der Waals surface area contributed by atoms with Crippen LogP contribution in [-0.4, -0.2) is 23.2 Å². The number of benzene rings is 1. The van der Waals surface area contributed by atoms with Gasteiger partial charge >= 0.3 is 6.18 Å². The molecule has 1 aromatic carbocycles. The second kappa shape index (κ2) is 6.91. The van der Waals surface area contributed by atoms with E-state index in [2.05, 4.69) is 10.1 Å². The molecule has 0 fully saturated rings. The largest absolute Gasteiger partial charge is 0.416 e. The predicted molar refractivity (Wildman–Crippen MR) is 76.7 cm³/mol. The maximum absolute atomic E-state index is 12.6. The second-order valence-corrected chi connectivity index (χ2v) is 4.47. The van der Waals surface area contributed by atoms with Crippen LogP contribution in [0.5, 0.6) is 0 Å². The highest BCUT2D eigenvalue weighted by molar-refractivity contribution is 5.97. The third-order valence-electron chi connectivity index (χ3n) is 2.80. The molecule has 0 aliphatic carbocycles. The van der Waals surface area contributed by atoms with E-state index >= 15 is 0 Å². The summed E-state index contributed by atoms with van der Waals surface area (Å²) in [5, 5.41) is 3.52. The zero-order valence-corrected chi connectivity index (χ0v) is 11.7. The SMILES string of the molecule is NC(=NOCC(=O)c1cccc(C(F)(F)F)c1)c1ccccn1. The average Bonchev–Trinajstić information content (AvgIpc) is 2.54. The van der Waals surface area contributed by atoms with Crippen LogP contribution in [-0.2, 0) is 11.0 Å². The van der Waals surface area contributed by atoms with Gasteiger partial charge in [-0.25, -0.2) is 0 Å². The number of Topliss-reactive ketones (excluding diaryl/α,β-unsaturated/α-hetero) is 1. The number of hydrogen-bond donors (Lipinski definition) is 1. The van der Waals surface area contributed by atoms with Gasteiger partial charge in [-0.2, -0.15) is 13.2 Å². The molecule has 0 spiro atoms. The number of ketones is 1. The van der Waals surface area contributed by atoms with Crippen LogP contribution in [0.25, 0.3) is 0 Å². The molecule has 0 aliphatic heterocycles. The maximum atomic E-state index is 12.6. The maximum Gasteiger partial charge on any atom is 0.416 e. The molecule has 0 aliphatic rings. The Hall–Kier alpha value is -2.90. The fourth-order valence-electron chi connectivity index (χ4n) is 1.67. The molecule has 23 heavy (non-hydrogen) atoms. The summed E-state index contributed by atoms with van der Waals surface area (Å²) in [4.78, 5) is 20.5. The van der Waals surface area contributed by atoms with Crippen molar-refractivity contribution in [2.45, 2.75) is 6.18 Å². The minimum Gasteiger partial charge on any atom is -0.386 e. The fourth-order valence-corrected chi connectivity index (χ4v) is 1.67. The van der Waals surface area contributed by atoms with Crippen molar-refractivity contribution in [1.82, 2.24) is 4.98 Å². The minimum absolute atomic E-state index is 0.0394. The number of nitrogens with two attached hydrogens (primary N) is 1. The Morgan fingerprint density at radius 1 is 1.22 bits per heavy atom. The Bertz CT molecular complexity index is 715. The molecule has 0 radical (unpaired) electrons. The van der Waals surface area contributed by atoms with Gasteiger partial charge in [0.05, 0.1) is 5.56 Å². The molecule has 1 heterocycles. The van der Waals surface area contributed by atoms with E-state index < -0.39 is 24.1 Å². The van der Waals surface area contributed by atoms with Crippen LogP contribution in [0.3, 0.4) is 0 Å². The highest BCUT2D eigenvalue weighted by Gasteiger charge is 2.30. The molecule has 0 unspecified atom stereocenters. The van der Waals surface area contributed by atoms with Gasteiger partial charge in [0, 0.05) is 11.8 Å². The van der Waals surface area contributed by atoms with Gasteiger partial charge in [-0.05, 0) is 24.3 Å². The third kappa shape index (κ3) is 4.53. The van der Waals surface area contributed by atoms with Crippen molar-refractivity contribution in [2.24, 2.45) is 10.9 Å². The summed E-state index contributed by atoms with van der Waals surface area (Å²) in [6, 6.07) is 9.05. The summed E-state index contributed by atoms with van der Waals surface area (Å²) in [6.45, 7) is -0.533. The minimum atomic E-state index is -4.52. The Morgan fingerprint density at radius 2 is 2.00 bits per heavy atom. The Morgan fingerprint density at radius 3 is 2.65 bits per heavy atom. The lowest BCUT2D eigenvalue weighted by Crippen LogP contribution is -2.17. The number of hydrogen-bond acceptors (Lipinski definition) is 4. The molecule has 8 heteroatoms. The van der Waals surface area contributed by atoms with E-state index in [0.29, 0.717) is 5.69 Å². The number of rotatable bonds is 5. The standard InChI is InChI=1S/C15H12F3N3O2/c16-15(17,18)11-5-3-4-10(8-11)13(22)9-23-21-14(19)12-6-1-2-7-20-12/h1-8H,9H2,(H2,19,21). The first-order valence-corrected chi connectivity index (χ1v) is 6.45. The molecule has 0 amide bonds. The summed E-state index contributed by atoms with van der Waals surface area (Å²) < 4.78 is 37.8. The van der Waals surface area contributed by atoms with E-state index in [0.717, 1.165) is 18.2 Å². The van der Waals surface area contributed by atoms with Crippen LogP contribution in [0.15, 0.2) is 53.8 Å². The van der Waals surface area contributed by atoms with Crippen LogP contribution in [0.2, 0.25) is 0 Å². The molecule has 2 rings (SSSR count). The lowest BCUT2D eigenvalue weighted by molar-refractivity contribution is -0.137. The first kappa shape index (κ1) is 16.5. The number of pyridine rings is 1. The first-order chi connectivity index (χ1) is 10.9. The number of nitrogens with zero attached hydrogens (tertiary/aromatic N) is 2. The Labute approximate surface area is 129 Å². The van der Waals surface area contributed by atoms with E-state index in [-0.39, 0.29) is 11.4 Å². The molecule has 5 nitrogen and oxygen atoms in total. The van der Waals surface area contributed by atoms with Crippen molar-refractivity contribution in [3.8, 4) is 0 Å². The number of carbonyl (C=O) groups is 1. The van der Waals surface area contributed by atoms with Crippen LogP contribution < -0.4 is 5.73 Å². The van der Waals surface area contributed by atoms with Crippen molar-refractivity contribution in [3.63, 3.8) is 0 Å². The smallest absolute Gasteiger partial charge is 0.386 e. The molecule has 0 saturated heterocycles. The lowest BCUT2D eigenvalue weighted by atomic mass is 10.1.